The molecular formula is C30H39N4O5PS. The van der Waals surface area contributed by atoms with Crippen LogP contribution >= 0.6 is 18.9 Å². The first-order valence-corrected chi connectivity index (χ1v) is 16.7. The maximum Gasteiger partial charge on any atom is 0.339 e. The zero-order chi connectivity index (χ0) is 29.1. The topological polar surface area (TPSA) is 134 Å². The predicted molar refractivity (Wildman–Crippen MR) is 163 cm³/mol. The molecule has 1 amide bonds. The van der Waals surface area contributed by atoms with E-state index in [1.54, 1.807) is 16.2 Å². The molecule has 2 aromatic carbocycles. The van der Waals surface area contributed by atoms with Gasteiger partial charge in [0.15, 0.2) is 0 Å². The molecule has 2 aliphatic rings. The maximum absolute atomic E-state index is 13.3. The van der Waals surface area contributed by atoms with Gasteiger partial charge in [-0.25, -0.2) is 0 Å². The Morgan fingerprint density at radius 2 is 1.90 bits per heavy atom. The lowest BCUT2D eigenvalue weighted by molar-refractivity contribution is 0.0939. The Labute approximate surface area is 245 Å². The van der Waals surface area contributed by atoms with E-state index in [-0.39, 0.29) is 30.4 Å². The summed E-state index contributed by atoms with van der Waals surface area (Å²) in [5, 5.41) is 19.8. The number of aliphatic hydroxyl groups is 1. The molecule has 0 bridgehead atoms. The third kappa shape index (κ3) is 8.05. The third-order valence-corrected chi connectivity index (χ3v) is 9.75. The minimum absolute atomic E-state index is 0.0750. The van der Waals surface area contributed by atoms with Gasteiger partial charge in [0.25, 0.3) is 5.91 Å². The second kappa shape index (κ2) is 12.8. The van der Waals surface area contributed by atoms with Gasteiger partial charge < -0.3 is 30.8 Å². The van der Waals surface area contributed by atoms with Crippen molar-refractivity contribution in [2.75, 3.05) is 24.7 Å². The summed E-state index contributed by atoms with van der Waals surface area (Å²) in [5.74, 6) is -0.151. The molecule has 3 atom stereocenters. The van der Waals surface area contributed by atoms with Gasteiger partial charge >= 0.3 is 7.60 Å². The fourth-order valence-electron chi connectivity index (χ4n) is 5.56. The van der Waals surface area contributed by atoms with Gasteiger partial charge in [-0.15, -0.1) is 11.3 Å². The molecule has 5 rings (SSSR count). The average Bonchev–Trinajstić information content (AvgIpc) is 3.55. The summed E-state index contributed by atoms with van der Waals surface area (Å²) in [6.07, 6.45) is 2.31. The highest BCUT2D eigenvalue weighted by Crippen LogP contribution is 2.37. The van der Waals surface area contributed by atoms with Gasteiger partial charge in [-0.2, -0.15) is 0 Å². The lowest BCUT2D eigenvalue weighted by Crippen LogP contribution is -2.54. The lowest BCUT2D eigenvalue weighted by Gasteiger charge is -2.40. The van der Waals surface area contributed by atoms with Crippen LogP contribution < -0.4 is 16.0 Å². The number of carbonyl (C=O) groups is 1. The molecule has 1 saturated heterocycles. The van der Waals surface area contributed by atoms with Crippen molar-refractivity contribution in [2.45, 2.75) is 63.9 Å². The summed E-state index contributed by atoms with van der Waals surface area (Å²) in [6, 6.07) is 18.5. The molecule has 0 unspecified atom stereocenters. The zero-order valence-corrected chi connectivity index (χ0v) is 25.1. The Morgan fingerprint density at radius 3 is 2.63 bits per heavy atom. The van der Waals surface area contributed by atoms with Gasteiger partial charge in [0.2, 0.25) is 0 Å². The molecule has 6 N–H and O–H groups in total. The van der Waals surface area contributed by atoms with E-state index in [4.69, 9.17) is 9.79 Å². The highest BCUT2D eigenvalue weighted by Gasteiger charge is 2.31. The van der Waals surface area contributed by atoms with E-state index in [9.17, 15) is 14.5 Å². The first-order chi connectivity index (χ1) is 19.5. The number of benzene rings is 2. The standard InChI is InChI=1S/C30H39N4O5PS/c1-19-6-7-24(33-25-16-34(17-25)18-40(37,38)39)14-28(19)30(36)32-20(2)21-4-3-5-22(12-21)29-11-10-27(41-29)15-31-23-8-9-26(35)13-23/h3-7,10-12,14,20,23,25-26,31,33,35H,8-9,13,15-18H2,1-2H3,(H,32,36)(H2,37,38,39)/t20-,23+,26-/m1/s1. The van der Waals surface area contributed by atoms with Crippen LogP contribution in [-0.4, -0.2) is 63.3 Å². The van der Waals surface area contributed by atoms with Crippen molar-refractivity contribution < 1.29 is 24.3 Å². The number of rotatable bonds is 11. The fourth-order valence-corrected chi connectivity index (χ4v) is 7.27. The van der Waals surface area contributed by atoms with Gasteiger partial charge in [-0.05, 0) is 80.1 Å². The quantitative estimate of drug-likeness (QED) is 0.178. The highest BCUT2D eigenvalue weighted by molar-refractivity contribution is 7.51. The summed E-state index contributed by atoms with van der Waals surface area (Å²) < 4.78 is 11.2. The minimum Gasteiger partial charge on any atom is -0.393 e. The van der Waals surface area contributed by atoms with Gasteiger partial charge in [0, 0.05) is 46.7 Å². The number of aliphatic hydroxyl groups excluding tert-OH is 1. The van der Waals surface area contributed by atoms with Gasteiger partial charge in [-0.3, -0.25) is 14.3 Å². The van der Waals surface area contributed by atoms with Crippen molar-refractivity contribution in [3.8, 4) is 10.4 Å². The number of hydrogen-bond donors (Lipinski definition) is 6. The van der Waals surface area contributed by atoms with E-state index < -0.39 is 7.60 Å². The molecule has 2 fully saturated rings. The summed E-state index contributed by atoms with van der Waals surface area (Å²) in [5.41, 5.74) is 4.41. The average molecular weight is 599 g/mol. The third-order valence-electron chi connectivity index (χ3n) is 7.84. The largest absolute Gasteiger partial charge is 0.393 e. The Hall–Kier alpha value is -2.56. The second-order valence-corrected chi connectivity index (χ2v) is 14.1. The van der Waals surface area contributed by atoms with Crippen molar-refractivity contribution >= 4 is 30.5 Å². The molecule has 3 aromatic rings. The van der Waals surface area contributed by atoms with Crippen LogP contribution in [0.4, 0.5) is 5.69 Å². The molecule has 11 heteroatoms. The molecule has 1 aliphatic heterocycles. The molecule has 41 heavy (non-hydrogen) atoms. The first-order valence-electron chi connectivity index (χ1n) is 14.1. The number of aryl methyl sites for hydroxylation is 1. The number of thiophene rings is 1. The maximum atomic E-state index is 13.3. The molecule has 1 aliphatic carbocycles. The van der Waals surface area contributed by atoms with Crippen LogP contribution in [0.1, 0.15) is 58.6 Å². The molecule has 1 saturated carbocycles. The Kier molecular flexibility index (Phi) is 9.30. The van der Waals surface area contributed by atoms with Crippen LogP contribution in [0, 0.1) is 6.92 Å². The number of anilines is 1. The van der Waals surface area contributed by atoms with Crippen LogP contribution in [0.2, 0.25) is 0 Å². The fraction of sp³-hybridized carbons (Fsp3) is 0.433. The normalized spacial score (nSPS) is 20.5. The van der Waals surface area contributed by atoms with Crippen LogP contribution in [0.25, 0.3) is 10.4 Å². The van der Waals surface area contributed by atoms with Crippen LogP contribution in [0.5, 0.6) is 0 Å². The van der Waals surface area contributed by atoms with Crippen LogP contribution in [0.3, 0.4) is 0 Å². The van der Waals surface area contributed by atoms with Crippen molar-refractivity contribution in [1.82, 2.24) is 15.5 Å². The minimum atomic E-state index is -4.05. The summed E-state index contributed by atoms with van der Waals surface area (Å²) >= 11 is 1.76. The van der Waals surface area contributed by atoms with E-state index in [0.29, 0.717) is 24.7 Å². The first kappa shape index (κ1) is 29.9. The Bertz CT molecular complexity index is 1420. The molecule has 220 valence electrons. The van der Waals surface area contributed by atoms with Crippen molar-refractivity contribution in [2.24, 2.45) is 0 Å². The van der Waals surface area contributed by atoms with Gasteiger partial charge in [0.1, 0.15) is 6.29 Å². The Morgan fingerprint density at radius 1 is 1.10 bits per heavy atom. The monoisotopic (exact) mass is 598 g/mol. The van der Waals surface area contributed by atoms with E-state index in [2.05, 4.69) is 40.2 Å². The van der Waals surface area contributed by atoms with Crippen LogP contribution in [0.15, 0.2) is 54.6 Å². The van der Waals surface area contributed by atoms with E-state index in [0.717, 1.165) is 48.2 Å². The summed E-state index contributed by atoms with van der Waals surface area (Å²) in [7, 11) is -4.05. The van der Waals surface area contributed by atoms with E-state index in [1.165, 1.54) is 9.75 Å². The number of nitrogens with one attached hydrogen (secondary N) is 3. The molecule has 0 radical (unpaired) electrons. The van der Waals surface area contributed by atoms with Crippen molar-refractivity contribution in [3.05, 3.63) is 76.2 Å². The lowest BCUT2D eigenvalue weighted by atomic mass is 10.0. The molecule has 2 heterocycles. The molecular weight excluding hydrogens is 559 g/mol. The summed E-state index contributed by atoms with van der Waals surface area (Å²) in [6.45, 7) is 5.78. The molecule has 9 nitrogen and oxygen atoms in total. The second-order valence-electron chi connectivity index (χ2n) is 11.3. The number of carbonyl (C=O) groups excluding carboxylic acids is 1. The zero-order valence-electron chi connectivity index (χ0n) is 23.4. The van der Waals surface area contributed by atoms with E-state index >= 15 is 0 Å². The van der Waals surface area contributed by atoms with Gasteiger partial charge in [0.05, 0.1) is 18.2 Å². The van der Waals surface area contributed by atoms with Gasteiger partial charge in [-0.1, -0.05) is 24.3 Å². The number of hydrogen-bond acceptors (Lipinski definition) is 7. The molecule has 0 spiro atoms. The Balaban J connectivity index is 1.17. The molecule has 1 aromatic heterocycles. The smallest absolute Gasteiger partial charge is 0.339 e. The van der Waals surface area contributed by atoms with Crippen molar-refractivity contribution in [3.63, 3.8) is 0 Å². The number of amides is 1. The number of likely N-dealkylation sites (tertiary alicyclic amines) is 1. The highest BCUT2D eigenvalue weighted by atomic mass is 32.1. The van der Waals surface area contributed by atoms with E-state index in [1.807, 2.05) is 44.2 Å². The predicted octanol–water partition coefficient (Wildman–Crippen LogP) is 4.45. The van der Waals surface area contributed by atoms with Crippen LogP contribution in [-0.2, 0) is 11.1 Å². The van der Waals surface area contributed by atoms with Crippen molar-refractivity contribution in [1.29, 1.82) is 0 Å². The number of nitrogens with zero attached hydrogens (tertiary/aromatic N) is 1. The summed E-state index contributed by atoms with van der Waals surface area (Å²) in [4.78, 5) is 35.7. The SMILES string of the molecule is Cc1ccc(NC2CN(CP(=O)(O)O)C2)cc1C(=O)N[C@H](C)c1cccc(-c2ccc(CN[C@H]3CC[C@@H](O)C3)s2)c1.